The Morgan fingerprint density at radius 3 is 2.21 bits per heavy atom. The van der Waals surface area contributed by atoms with Crippen LogP contribution in [0.1, 0.15) is 47.5 Å². The Hall–Kier alpha value is -0.610. The summed E-state index contributed by atoms with van der Waals surface area (Å²) in [5.74, 6) is 0.381. The van der Waals surface area contributed by atoms with E-state index in [1.165, 1.54) is 0 Å². The molecule has 0 aromatic carbocycles. The third-order valence-corrected chi connectivity index (χ3v) is 4.19. The highest BCUT2D eigenvalue weighted by Gasteiger charge is 2.29. The van der Waals surface area contributed by atoms with Crippen molar-refractivity contribution in [1.82, 2.24) is 10.2 Å². The number of nitrogens with one attached hydrogen (secondary N) is 1. The number of hydrogen-bond donors (Lipinski definition) is 2. The maximum absolute atomic E-state index is 12.2. The van der Waals surface area contributed by atoms with E-state index in [2.05, 4.69) is 44.8 Å². The zero-order valence-corrected chi connectivity index (χ0v) is 13.2. The zero-order valence-electron chi connectivity index (χ0n) is 13.2. The van der Waals surface area contributed by atoms with Gasteiger partial charge in [0, 0.05) is 31.2 Å². The van der Waals surface area contributed by atoms with Crippen molar-refractivity contribution in [2.24, 2.45) is 17.6 Å². The van der Waals surface area contributed by atoms with Crippen LogP contribution >= 0.6 is 0 Å². The van der Waals surface area contributed by atoms with Crippen LogP contribution in [0.25, 0.3) is 0 Å². The molecule has 0 saturated carbocycles. The van der Waals surface area contributed by atoms with Crippen LogP contribution in [-0.2, 0) is 4.79 Å². The molecule has 0 bridgehead atoms. The normalized spacial score (nSPS) is 20.6. The summed E-state index contributed by atoms with van der Waals surface area (Å²) >= 11 is 0. The number of nitrogens with zero attached hydrogens (tertiary/aromatic N) is 1. The Morgan fingerprint density at radius 2 is 1.84 bits per heavy atom. The summed E-state index contributed by atoms with van der Waals surface area (Å²) in [6.45, 7) is 13.4. The number of piperidine rings is 1. The molecule has 4 nitrogen and oxygen atoms in total. The molecule has 1 fully saturated rings. The van der Waals surface area contributed by atoms with Crippen molar-refractivity contribution in [3.05, 3.63) is 0 Å². The van der Waals surface area contributed by atoms with Crippen LogP contribution in [0.15, 0.2) is 0 Å². The van der Waals surface area contributed by atoms with Gasteiger partial charge in [-0.3, -0.25) is 9.69 Å². The second-order valence-electron chi connectivity index (χ2n) is 7.03. The van der Waals surface area contributed by atoms with E-state index in [-0.39, 0.29) is 17.4 Å². The molecule has 0 aliphatic carbocycles. The molecule has 1 aliphatic heterocycles. The second kappa shape index (κ2) is 6.71. The molecule has 3 N–H and O–H groups in total. The van der Waals surface area contributed by atoms with Gasteiger partial charge in [0.05, 0.1) is 5.92 Å². The maximum atomic E-state index is 12.2. The Labute approximate surface area is 118 Å². The average Bonchev–Trinajstić information content (AvgIpc) is 2.28. The number of hydrogen-bond acceptors (Lipinski definition) is 3. The smallest absolute Gasteiger partial charge is 0.224 e. The van der Waals surface area contributed by atoms with E-state index < -0.39 is 0 Å². The number of carbonyl (C=O) groups is 1. The fourth-order valence-electron chi connectivity index (χ4n) is 2.68. The van der Waals surface area contributed by atoms with E-state index in [1.807, 2.05) is 0 Å². The first-order chi connectivity index (χ1) is 8.75. The molecule has 1 unspecified atom stereocenters. The monoisotopic (exact) mass is 269 g/mol. The molecular weight excluding hydrogens is 238 g/mol. The maximum Gasteiger partial charge on any atom is 0.224 e. The molecule has 19 heavy (non-hydrogen) atoms. The molecule has 1 amide bonds. The highest BCUT2D eigenvalue weighted by molar-refractivity contribution is 5.79. The molecule has 1 rings (SSSR count). The fourth-order valence-corrected chi connectivity index (χ4v) is 2.68. The zero-order chi connectivity index (χ0) is 14.6. The van der Waals surface area contributed by atoms with Crippen LogP contribution in [0.3, 0.4) is 0 Å². The molecule has 0 spiro atoms. The van der Waals surface area contributed by atoms with Crippen molar-refractivity contribution < 1.29 is 4.79 Å². The van der Waals surface area contributed by atoms with Crippen LogP contribution in [0.5, 0.6) is 0 Å². The van der Waals surface area contributed by atoms with Gasteiger partial charge in [-0.15, -0.1) is 0 Å². The predicted molar refractivity (Wildman–Crippen MR) is 79.9 cm³/mol. The van der Waals surface area contributed by atoms with Crippen molar-refractivity contribution in [1.29, 1.82) is 0 Å². The first-order valence-electron chi connectivity index (χ1n) is 7.51. The summed E-state index contributed by atoms with van der Waals surface area (Å²) in [5, 5.41) is 3.18. The average molecular weight is 269 g/mol. The first-order valence-corrected chi connectivity index (χ1v) is 7.51. The lowest BCUT2D eigenvalue weighted by Gasteiger charge is -2.41. The predicted octanol–water partition coefficient (Wildman–Crippen LogP) is 1.60. The van der Waals surface area contributed by atoms with E-state index in [0.29, 0.717) is 18.5 Å². The summed E-state index contributed by atoms with van der Waals surface area (Å²) in [6, 6.07) is 0.318. The van der Waals surface area contributed by atoms with Crippen molar-refractivity contribution in [2.75, 3.05) is 19.6 Å². The molecule has 1 aliphatic rings. The first kappa shape index (κ1) is 16.4. The Balaban J connectivity index is 2.43. The third-order valence-electron chi connectivity index (χ3n) is 4.19. The van der Waals surface area contributed by atoms with Gasteiger partial charge in [-0.25, -0.2) is 0 Å². The van der Waals surface area contributed by atoms with Crippen molar-refractivity contribution in [3.63, 3.8) is 0 Å². The number of rotatable bonds is 4. The molecule has 0 aromatic heterocycles. The van der Waals surface area contributed by atoms with Gasteiger partial charge in [0.15, 0.2) is 0 Å². The van der Waals surface area contributed by atoms with E-state index >= 15 is 0 Å². The van der Waals surface area contributed by atoms with Crippen LogP contribution < -0.4 is 11.1 Å². The molecule has 0 aromatic rings. The van der Waals surface area contributed by atoms with Crippen molar-refractivity contribution >= 4 is 5.91 Å². The summed E-state index contributed by atoms with van der Waals surface area (Å²) in [4.78, 5) is 14.6. The van der Waals surface area contributed by atoms with Gasteiger partial charge in [0.2, 0.25) is 5.91 Å². The van der Waals surface area contributed by atoms with Crippen LogP contribution in [0, 0.1) is 11.8 Å². The summed E-state index contributed by atoms with van der Waals surface area (Å²) in [5.41, 5.74) is 5.92. The quantitative estimate of drug-likeness (QED) is 0.815. The minimum atomic E-state index is -0.0550. The van der Waals surface area contributed by atoms with Crippen LogP contribution in [0.2, 0.25) is 0 Å². The van der Waals surface area contributed by atoms with Crippen molar-refractivity contribution in [2.45, 2.75) is 59.0 Å². The number of nitrogens with two attached hydrogens (primary N) is 1. The van der Waals surface area contributed by atoms with Crippen LogP contribution in [0.4, 0.5) is 0 Å². The third kappa shape index (κ3) is 4.77. The van der Waals surface area contributed by atoms with Gasteiger partial charge < -0.3 is 11.1 Å². The Bertz CT molecular complexity index is 288. The molecule has 1 saturated heterocycles. The highest BCUT2D eigenvalue weighted by Crippen LogP contribution is 2.20. The minimum absolute atomic E-state index is 0.0550. The standard InChI is InChI=1S/C15H31N3O/c1-11(2)13(10-16)14(19)17-12-6-8-18(9-7-12)15(3,4)5/h11-13H,6-10,16H2,1-5H3,(H,17,19). The number of likely N-dealkylation sites (tertiary alicyclic amines) is 1. The lowest BCUT2D eigenvalue weighted by Crippen LogP contribution is -2.52. The minimum Gasteiger partial charge on any atom is -0.353 e. The second-order valence-corrected chi connectivity index (χ2v) is 7.03. The topological polar surface area (TPSA) is 58.4 Å². The largest absolute Gasteiger partial charge is 0.353 e. The Morgan fingerprint density at radius 1 is 1.32 bits per heavy atom. The molecule has 112 valence electrons. The molecule has 1 atom stereocenters. The van der Waals surface area contributed by atoms with Crippen LogP contribution in [-0.4, -0.2) is 42.0 Å². The van der Waals surface area contributed by atoms with Gasteiger partial charge >= 0.3 is 0 Å². The molecular formula is C15H31N3O. The summed E-state index contributed by atoms with van der Waals surface area (Å²) < 4.78 is 0. The molecule has 4 heteroatoms. The Kier molecular flexibility index (Phi) is 5.81. The van der Waals surface area contributed by atoms with E-state index in [4.69, 9.17) is 5.73 Å². The summed E-state index contributed by atoms with van der Waals surface area (Å²) in [7, 11) is 0. The van der Waals surface area contributed by atoms with E-state index in [9.17, 15) is 4.79 Å². The van der Waals surface area contributed by atoms with Gasteiger partial charge in [0.25, 0.3) is 0 Å². The highest BCUT2D eigenvalue weighted by atomic mass is 16.2. The van der Waals surface area contributed by atoms with Gasteiger partial charge in [-0.05, 0) is 39.5 Å². The van der Waals surface area contributed by atoms with E-state index in [1.54, 1.807) is 0 Å². The molecule has 1 heterocycles. The van der Waals surface area contributed by atoms with Gasteiger partial charge in [-0.1, -0.05) is 13.8 Å². The van der Waals surface area contributed by atoms with E-state index in [0.717, 1.165) is 25.9 Å². The molecule has 0 radical (unpaired) electrons. The van der Waals surface area contributed by atoms with Crippen molar-refractivity contribution in [3.8, 4) is 0 Å². The SMILES string of the molecule is CC(C)C(CN)C(=O)NC1CCN(C(C)(C)C)CC1. The lowest BCUT2D eigenvalue weighted by atomic mass is 9.93. The van der Waals surface area contributed by atoms with Gasteiger partial charge in [-0.2, -0.15) is 0 Å². The van der Waals surface area contributed by atoms with Gasteiger partial charge in [0.1, 0.15) is 0 Å². The lowest BCUT2D eigenvalue weighted by molar-refractivity contribution is -0.127. The fraction of sp³-hybridized carbons (Fsp3) is 0.933. The number of amides is 1. The summed E-state index contributed by atoms with van der Waals surface area (Å²) in [6.07, 6.45) is 2.08. The number of carbonyl (C=O) groups excluding carboxylic acids is 1.